The van der Waals surface area contributed by atoms with Gasteiger partial charge >= 0.3 is 0 Å². The fraction of sp³-hybridized carbons (Fsp3) is 0.625. The Hall–Kier alpha value is -0.770. The molecule has 1 heterocycles. The molecular weight excluding hydrogens is 274 g/mol. The van der Waals surface area contributed by atoms with Crippen LogP contribution in [0.4, 0.5) is 0 Å². The van der Waals surface area contributed by atoms with Crippen LogP contribution in [0.1, 0.15) is 30.4 Å². The molecule has 1 aliphatic rings. The number of hydrogen-bond donors (Lipinski definition) is 1. The first-order valence-electron chi connectivity index (χ1n) is 7.36. The topological polar surface area (TPSA) is 32.7 Å². The van der Waals surface area contributed by atoms with Crippen LogP contribution in [0.2, 0.25) is 5.02 Å². The average Bonchev–Trinajstić information content (AvgIpc) is 2.43. The third kappa shape index (κ3) is 4.37. The number of aliphatic hydroxyl groups excluding tert-OH is 1. The van der Waals surface area contributed by atoms with Crippen LogP contribution in [0, 0.1) is 13.8 Å². The van der Waals surface area contributed by atoms with Crippen molar-refractivity contribution in [3.63, 3.8) is 0 Å². The summed E-state index contributed by atoms with van der Waals surface area (Å²) in [6, 6.07) is 3.84. The molecule has 1 aromatic carbocycles. The molecule has 1 saturated heterocycles. The van der Waals surface area contributed by atoms with E-state index in [0.717, 1.165) is 35.0 Å². The number of nitrogens with zero attached hydrogens (tertiary/aromatic N) is 1. The van der Waals surface area contributed by atoms with Gasteiger partial charge in [0, 0.05) is 11.6 Å². The van der Waals surface area contributed by atoms with E-state index in [1.807, 2.05) is 26.0 Å². The van der Waals surface area contributed by atoms with Crippen LogP contribution in [0.5, 0.6) is 5.75 Å². The molecule has 1 atom stereocenters. The van der Waals surface area contributed by atoms with Gasteiger partial charge in [0.25, 0.3) is 0 Å². The van der Waals surface area contributed by atoms with Crippen LogP contribution in [-0.2, 0) is 0 Å². The lowest BCUT2D eigenvalue weighted by atomic mass is 10.1. The van der Waals surface area contributed by atoms with Crippen molar-refractivity contribution >= 4 is 11.6 Å². The second kappa shape index (κ2) is 7.30. The van der Waals surface area contributed by atoms with Gasteiger partial charge < -0.3 is 14.7 Å². The van der Waals surface area contributed by atoms with Gasteiger partial charge in [-0.15, -0.1) is 0 Å². The predicted molar refractivity (Wildman–Crippen MR) is 82.7 cm³/mol. The Morgan fingerprint density at radius 1 is 1.20 bits per heavy atom. The van der Waals surface area contributed by atoms with Crippen LogP contribution < -0.4 is 4.74 Å². The zero-order valence-corrected chi connectivity index (χ0v) is 13.1. The molecule has 112 valence electrons. The number of β-amino-alcohol motifs (C(OH)–C–C–N with tert-alkyl or cyclic N) is 1. The number of aryl methyl sites for hydroxylation is 2. The summed E-state index contributed by atoms with van der Waals surface area (Å²) in [5.41, 5.74) is 2.01. The van der Waals surface area contributed by atoms with Gasteiger partial charge in [0.2, 0.25) is 0 Å². The molecule has 20 heavy (non-hydrogen) atoms. The Bertz CT molecular complexity index is 421. The molecule has 0 bridgehead atoms. The van der Waals surface area contributed by atoms with E-state index in [1.165, 1.54) is 19.3 Å². The fourth-order valence-electron chi connectivity index (χ4n) is 2.67. The van der Waals surface area contributed by atoms with Gasteiger partial charge in [-0.05, 0) is 63.0 Å². The normalized spacial score (nSPS) is 18.0. The summed E-state index contributed by atoms with van der Waals surface area (Å²) in [6.45, 7) is 7.15. The van der Waals surface area contributed by atoms with E-state index in [-0.39, 0.29) is 0 Å². The van der Waals surface area contributed by atoms with Crippen molar-refractivity contribution in [2.24, 2.45) is 0 Å². The minimum absolute atomic E-state index is 0.330. The molecule has 1 fully saturated rings. The Morgan fingerprint density at radius 2 is 1.80 bits per heavy atom. The molecule has 1 aromatic rings. The Balaban J connectivity index is 1.82. The number of benzene rings is 1. The highest BCUT2D eigenvalue weighted by Gasteiger charge is 2.15. The highest BCUT2D eigenvalue weighted by Crippen LogP contribution is 2.25. The zero-order valence-electron chi connectivity index (χ0n) is 12.4. The van der Waals surface area contributed by atoms with Crippen molar-refractivity contribution in [1.82, 2.24) is 4.90 Å². The molecule has 3 nitrogen and oxygen atoms in total. The standard InChI is InChI=1S/C16H24ClNO2/c1-12-8-15(9-13(2)16(12)17)20-11-14(19)10-18-6-4-3-5-7-18/h8-9,14,19H,3-7,10-11H2,1-2H3/t14-/m1/s1. The molecule has 0 saturated carbocycles. The number of piperidine rings is 1. The average molecular weight is 298 g/mol. The van der Waals surface area contributed by atoms with Gasteiger partial charge in [-0.3, -0.25) is 0 Å². The van der Waals surface area contributed by atoms with Crippen molar-refractivity contribution < 1.29 is 9.84 Å². The molecule has 0 unspecified atom stereocenters. The molecule has 4 heteroatoms. The summed E-state index contributed by atoms with van der Waals surface area (Å²) in [5.74, 6) is 0.780. The first-order valence-corrected chi connectivity index (χ1v) is 7.74. The predicted octanol–water partition coefficient (Wildman–Crippen LogP) is 3.18. The van der Waals surface area contributed by atoms with E-state index in [0.29, 0.717) is 13.2 Å². The second-order valence-electron chi connectivity index (χ2n) is 5.70. The second-order valence-corrected chi connectivity index (χ2v) is 6.08. The Labute approximate surface area is 126 Å². The minimum Gasteiger partial charge on any atom is -0.491 e. The molecule has 0 radical (unpaired) electrons. The van der Waals surface area contributed by atoms with Gasteiger partial charge in [0.1, 0.15) is 18.5 Å². The van der Waals surface area contributed by atoms with Crippen molar-refractivity contribution in [3.05, 3.63) is 28.3 Å². The lowest BCUT2D eigenvalue weighted by molar-refractivity contribution is 0.0617. The first kappa shape index (κ1) is 15.6. The van der Waals surface area contributed by atoms with E-state index in [2.05, 4.69) is 4.90 Å². The van der Waals surface area contributed by atoms with Gasteiger partial charge in [-0.25, -0.2) is 0 Å². The Kier molecular flexibility index (Phi) is 5.70. The largest absolute Gasteiger partial charge is 0.491 e. The van der Waals surface area contributed by atoms with E-state index in [9.17, 15) is 5.11 Å². The monoisotopic (exact) mass is 297 g/mol. The molecule has 0 aliphatic carbocycles. The van der Waals surface area contributed by atoms with Crippen LogP contribution in [0.3, 0.4) is 0 Å². The molecule has 1 N–H and O–H groups in total. The van der Waals surface area contributed by atoms with Crippen LogP contribution in [0.25, 0.3) is 0 Å². The number of halogens is 1. The number of ether oxygens (including phenoxy) is 1. The molecule has 1 aliphatic heterocycles. The number of hydrogen-bond acceptors (Lipinski definition) is 3. The molecular formula is C16H24ClNO2. The summed E-state index contributed by atoms with van der Waals surface area (Å²) in [6.07, 6.45) is 3.35. The molecule has 2 rings (SSSR count). The third-order valence-electron chi connectivity index (χ3n) is 3.77. The number of likely N-dealkylation sites (tertiary alicyclic amines) is 1. The van der Waals surface area contributed by atoms with Crippen molar-refractivity contribution in [2.45, 2.75) is 39.2 Å². The quantitative estimate of drug-likeness (QED) is 0.906. The maximum Gasteiger partial charge on any atom is 0.120 e. The molecule has 0 amide bonds. The van der Waals surface area contributed by atoms with Crippen LogP contribution in [-0.4, -0.2) is 42.4 Å². The fourth-order valence-corrected chi connectivity index (χ4v) is 2.78. The van der Waals surface area contributed by atoms with Gasteiger partial charge in [-0.2, -0.15) is 0 Å². The number of aliphatic hydroxyl groups is 1. The highest BCUT2D eigenvalue weighted by atomic mass is 35.5. The minimum atomic E-state index is -0.440. The lowest BCUT2D eigenvalue weighted by Gasteiger charge is -2.28. The summed E-state index contributed by atoms with van der Waals surface area (Å²) in [4.78, 5) is 2.32. The van der Waals surface area contributed by atoms with E-state index < -0.39 is 6.10 Å². The maximum atomic E-state index is 10.1. The van der Waals surface area contributed by atoms with Crippen LogP contribution in [0.15, 0.2) is 12.1 Å². The first-order chi connectivity index (χ1) is 9.56. The maximum absolute atomic E-state index is 10.1. The van der Waals surface area contributed by atoms with Crippen LogP contribution >= 0.6 is 11.6 Å². The molecule has 0 aromatic heterocycles. The molecule has 0 spiro atoms. The van der Waals surface area contributed by atoms with E-state index in [4.69, 9.17) is 16.3 Å². The van der Waals surface area contributed by atoms with Crippen molar-refractivity contribution in [2.75, 3.05) is 26.2 Å². The summed E-state index contributed by atoms with van der Waals surface area (Å²) < 4.78 is 5.69. The van der Waals surface area contributed by atoms with Crippen molar-refractivity contribution in [1.29, 1.82) is 0 Å². The van der Waals surface area contributed by atoms with E-state index >= 15 is 0 Å². The third-order valence-corrected chi connectivity index (χ3v) is 4.37. The van der Waals surface area contributed by atoms with E-state index in [1.54, 1.807) is 0 Å². The highest BCUT2D eigenvalue weighted by molar-refractivity contribution is 6.32. The Morgan fingerprint density at radius 3 is 2.40 bits per heavy atom. The summed E-state index contributed by atoms with van der Waals surface area (Å²) in [5, 5.41) is 10.8. The zero-order chi connectivity index (χ0) is 14.5. The summed E-state index contributed by atoms with van der Waals surface area (Å²) >= 11 is 6.13. The SMILES string of the molecule is Cc1cc(OC[C@H](O)CN2CCCCC2)cc(C)c1Cl. The number of rotatable bonds is 5. The summed E-state index contributed by atoms with van der Waals surface area (Å²) in [7, 11) is 0. The van der Waals surface area contributed by atoms with Gasteiger partial charge in [0.05, 0.1) is 0 Å². The van der Waals surface area contributed by atoms with Gasteiger partial charge in [-0.1, -0.05) is 18.0 Å². The smallest absolute Gasteiger partial charge is 0.120 e. The van der Waals surface area contributed by atoms with Gasteiger partial charge in [0.15, 0.2) is 0 Å². The lowest BCUT2D eigenvalue weighted by Crippen LogP contribution is -2.38. The van der Waals surface area contributed by atoms with Crippen molar-refractivity contribution in [3.8, 4) is 5.75 Å².